The lowest BCUT2D eigenvalue weighted by molar-refractivity contribution is 0.168. The van der Waals surface area contributed by atoms with E-state index in [9.17, 15) is 0 Å². The van der Waals surface area contributed by atoms with Crippen molar-refractivity contribution in [3.05, 3.63) is 23.8 Å². The highest BCUT2D eigenvalue weighted by Gasteiger charge is 2.30. The Morgan fingerprint density at radius 2 is 1.78 bits per heavy atom. The van der Waals surface area contributed by atoms with Gasteiger partial charge >= 0.3 is 0 Å². The van der Waals surface area contributed by atoms with Crippen LogP contribution in [0.25, 0.3) is 0 Å². The number of hydrogen-bond acceptors (Lipinski definition) is 3. The summed E-state index contributed by atoms with van der Waals surface area (Å²) in [5.74, 6) is 2.35. The predicted molar refractivity (Wildman–Crippen MR) is 70.9 cm³/mol. The monoisotopic (exact) mass is 247 g/mol. The lowest BCUT2D eigenvalue weighted by Gasteiger charge is -2.15. The van der Waals surface area contributed by atoms with Crippen LogP contribution in [0.2, 0.25) is 0 Å². The van der Waals surface area contributed by atoms with E-state index in [2.05, 4.69) is 26.0 Å². The zero-order chi connectivity index (χ0) is 12.7. The summed E-state index contributed by atoms with van der Waals surface area (Å²) >= 11 is 0. The van der Waals surface area contributed by atoms with Gasteiger partial charge in [0.15, 0.2) is 11.5 Å². The molecule has 0 spiro atoms. The maximum Gasteiger partial charge on any atom is 0.161 e. The molecular weight excluding hydrogens is 226 g/mol. The van der Waals surface area contributed by atoms with Crippen molar-refractivity contribution in [3.63, 3.8) is 0 Å². The first kappa shape index (κ1) is 11.8. The third kappa shape index (κ3) is 2.32. The van der Waals surface area contributed by atoms with Crippen molar-refractivity contribution in [1.29, 1.82) is 0 Å². The fourth-order valence-electron chi connectivity index (χ4n) is 2.65. The Kier molecular flexibility index (Phi) is 2.94. The molecule has 0 bridgehead atoms. The first-order valence-electron chi connectivity index (χ1n) is 6.86. The van der Waals surface area contributed by atoms with E-state index in [0.29, 0.717) is 5.92 Å². The van der Waals surface area contributed by atoms with Crippen molar-refractivity contribution >= 4 is 0 Å². The molecule has 3 atom stereocenters. The molecule has 1 aromatic rings. The summed E-state index contributed by atoms with van der Waals surface area (Å²) < 4.78 is 11.8. The normalized spacial score (nSPS) is 28.6. The molecule has 3 unspecified atom stereocenters. The lowest BCUT2D eigenvalue weighted by Crippen LogP contribution is -2.18. The van der Waals surface area contributed by atoms with Crippen molar-refractivity contribution in [1.82, 2.24) is 0 Å². The van der Waals surface area contributed by atoms with Gasteiger partial charge in [-0.05, 0) is 50.3 Å². The zero-order valence-corrected chi connectivity index (χ0v) is 11.1. The molecule has 3 heteroatoms. The molecule has 1 aliphatic heterocycles. The maximum absolute atomic E-state index is 6.24. The average Bonchev–Trinajstić information content (AvgIpc) is 3.13. The summed E-state index contributed by atoms with van der Waals surface area (Å²) in [6.45, 7) is 4.17. The summed E-state index contributed by atoms with van der Waals surface area (Å²) in [5, 5.41) is 0. The zero-order valence-electron chi connectivity index (χ0n) is 11.1. The van der Waals surface area contributed by atoms with Gasteiger partial charge in [0.2, 0.25) is 0 Å². The molecule has 0 radical (unpaired) electrons. The van der Waals surface area contributed by atoms with Crippen LogP contribution < -0.4 is 15.2 Å². The van der Waals surface area contributed by atoms with Gasteiger partial charge < -0.3 is 15.2 Å². The van der Waals surface area contributed by atoms with Gasteiger partial charge in [-0.15, -0.1) is 0 Å². The molecule has 3 nitrogen and oxygen atoms in total. The molecule has 0 amide bonds. The van der Waals surface area contributed by atoms with Crippen LogP contribution in [-0.2, 0) is 0 Å². The van der Waals surface area contributed by atoms with Crippen molar-refractivity contribution in [2.75, 3.05) is 0 Å². The van der Waals surface area contributed by atoms with E-state index in [0.717, 1.165) is 17.9 Å². The van der Waals surface area contributed by atoms with Crippen molar-refractivity contribution < 1.29 is 9.47 Å². The van der Waals surface area contributed by atoms with Gasteiger partial charge in [-0.3, -0.25) is 0 Å². The first-order valence-corrected chi connectivity index (χ1v) is 6.86. The van der Waals surface area contributed by atoms with E-state index < -0.39 is 0 Å². The van der Waals surface area contributed by atoms with E-state index >= 15 is 0 Å². The second-order valence-corrected chi connectivity index (χ2v) is 5.66. The van der Waals surface area contributed by atoms with E-state index in [1.54, 1.807) is 0 Å². The van der Waals surface area contributed by atoms with E-state index in [1.165, 1.54) is 18.4 Å². The van der Waals surface area contributed by atoms with Crippen LogP contribution in [0.3, 0.4) is 0 Å². The minimum Gasteiger partial charge on any atom is -0.487 e. The molecule has 2 N–H and O–H groups in total. The van der Waals surface area contributed by atoms with E-state index in [4.69, 9.17) is 15.2 Å². The number of ether oxygens (including phenoxy) is 2. The molecule has 18 heavy (non-hydrogen) atoms. The average molecular weight is 247 g/mol. The summed E-state index contributed by atoms with van der Waals surface area (Å²) in [7, 11) is 0. The van der Waals surface area contributed by atoms with Gasteiger partial charge in [0.25, 0.3) is 0 Å². The number of benzene rings is 1. The van der Waals surface area contributed by atoms with E-state index in [-0.39, 0.29) is 18.2 Å². The highest BCUT2D eigenvalue weighted by atomic mass is 16.5. The van der Waals surface area contributed by atoms with Crippen LogP contribution in [-0.4, -0.2) is 12.2 Å². The van der Waals surface area contributed by atoms with Gasteiger partial charge in [-0.2, -0.15) is 0 Å². The third-order valence-electron chi connectivity index (χ3n) is 3.80. The molecule has 1 aromatic carbocycles. The molecule has 3 rings (SSSR count). The Labute approximate surface area is 108 Å². The molecule has 1 saturated carbocycles. The summed E-state index contributed by atoms with van der Waals surface area (Å²) in [5.41, 5.74) is 7.41. The predicted octanol–water partition coefficient (Wildman–Crippen LogP) is 3.03. The molecule has 0 saturated heterocycles. The second kappa shape index (κ2) is 4.47. The topological polar surface area (TPSA) is 44.5 Å². The summed E-state index contributed by atoms with van der Waals surface area (Å²) in [6, 6.07) is 6.29. The third-order valence-corrected chi connectivity index (χ3v) is 3.80. The Balaban J connectivity index is 1.89. The molecular formula is C15H21NO2. The summed E-state index contributed by atoms with van der Waals surface area (Å²) in [4.78, 5) is 0. The van der Waals surface area contributed by atoms with Crippen LogP contribution in [0.1, 0.15) is 44.7 Å². The van der Waals surface area contributed by atoms with Crippen molar-refractivity contribution in [2.45, 2.75) is 51.4 Å². The van der Waals surface area contributed by atoms with Crippen LogP contribution >= 0.6 is 0 Å². The Morgan fingerprint density at radius 1 is 1.11 bits per heavy atom. The fourth-order valence-corrected chi connectivity index (χ4v) is 2.65. The van der Waals surface area contributed by atoms with Crippen molar-refractivity contribution in [2.24, 2.45) is 11.7 Å². The molecule has 0 aromatic heterocycles. The highest BCUT2D eigenvalue weighted by molar-refractivity contribution is 5.44. The molecule has 1 fully saturated rings. The molecule has 1 heterocycles. The molecule has 1 aliphatic carbocycles. The van der Waals surface area contributed by atoms with Crippen LogP contribution in [0, 0.1) is 5.92 Å². The Morgan fingerprint density at radius 3 is 2.44 bits per heavy atom. The van der Waals surface area contributed by atoms with Gasteiger partial charge in [0, 0.05) is 12.5 Å². The number of rotatable bonds is 2. The Hall–Kier alpha value is -1.22. The molecule has 98 valence electrons. The van der Waals surface area contributed by atoms with Gasteiger partial charge in [-0.25, -0.2) is 0 Å². The van der Waals surface area contributed by atoms with Gasteiger partial charge in [0.1, 0.15) is 0 Å². The number of nitrogens with two attached hydrogens (primary N) is 1. The highest BCUT2D eigenvalue weighted by Crippen LogP contribution is 2.42. The standard InChI is InChI=1S/C15H21NO2/c1-9-7-10(2)18-14-8-12(5-6-13(14)17-9)15(16)11-3-4-11/h5-6,8-11,15H,3-4,7,16H2,1-2H3. The van der Waals surface area contributed by atoms with Gasteiger partial charge in [0.05, 0.1) is 12.2 Å². The minimum atomic E-state index is 0.148. The second-order valence-electron chi connectivity index (χ2n) is 5.66. The minimum absolute atomic E-state index is 0.148. The van der Waals surface area contributed by atoms with E-state index in [1.807, 2.05) is 6.07 Å². The Bertz CT molecular complexity index is 442. The first-order chi connectivity index (χ1) is 8.63. The smallest absolute Gasteiger partial charge is 0.161 e. The quantitative estimate of drug-likeness (QED) is 0.873. The van der Waals surface area contributed by atoms with Crippen LogP contribution in [0.4, 0.5) is 0 Å². The fraction of sp³-hybridized carbons (Fsp3) is 0.600. The van der Waals surface area contributed by atoms with Gasteiger partial charge in [-0.1, -0.05) is 6.07 Å². The SMILES string of the molecule is CC1CC(C)Oc2cc(C(N)C3CC3)ccc2O1. The maximum atomic E-state index is 6.24. The molecule has 2 aliphatic rings. The van der Waals surface area contributed by atoms with Crippen molar-refractivity contribution in [3.8, 4) is 11.5 Å². The number of fused-ring (bicyclic) bond motifs is 1. The number of hydrogen-bond donors (Lipinski definition) is 1. The van der Waals surface area contributed by atoms with Crippen LogP contribution in [0.15, 0.2) is 18.2 Å². The van der Waals surface area contributed by atoms with Crippen LogP contribution in [0.5, 0.6) is 11.5 Å². The largest absolute Gasteiger partial charge is 0.487 e. The lowest BCUT2D eigenvalue weighted by atomic mass is 10.0. The summed E-state index contributed by atoms with van der Waals surface area (Å²) in [6.07, 6.45) is 3.81.